The van der Waals surface area contributed by atoms with Gasteiger partial charge in [-0.05, 0) is 63.5 Å². The van der Waals surface area contributed by atoms with Crippen molar-refractivity contribution in [3.8, 4) is 6.07 Å². The minimum atomic E-state index is -0.710. The molecular weight excluding hydrogens is 294 g/mol. The van der Waals surface area contributed by atoms with Crippen molar-refractivity contribution in [3.05, 3.63) is 21.9 Å². The lowest BCUT2D eigenvalue weighted by molar-refractivity contribution is -0.124. The quantitative estimate of drug-likeness (QED) is 0.840. The average molecular weight is 319 g/mol. The van der Waals surface area contributed by atoms with Gasteiger partial charge in [0.15, 0.2) is 0 Å². The Bertz CT molecular complexity index is 571. The SMILES string of the molecule is Cc1ccsc1CN(CC(=O)NC(C)(C#N)C1CC1)C(C)C. The number of aryl methyl sites for hydroxylation is 1. The maximum atomic E-state index is 12.4. The first-order valence-corrected chi connectivity index (χ1v) is 8.73. The predicted molar refractivity (Wildman–Crippen MR) is 89.5 cm³/mol. The molecule has 1 unspecified atom stereocenters. The van der Waals surface area contributed by atoms with Gasteiger partial charge in [-0.25, -0.2) is 0 Å². The van der Waals surface area contributed by atoms with Gasteiger partial charge >= 0.3 is 0 Å². The lowest BCUT2D eigenvalue weighted by Gasteiger charge is -2.28. The Morgan fingerprint density at radius 2 is 2.27 bits per heavy atom. The van der Waals surface area contributed by atoms with E-state index in [1.165, 1.54) is 10.4 Å². The van der Waals surface area contributed by atoms with Crippen LogP contribution in [-0.4, -0.2) is 28.9 Å². The first-order chi connectivity index (χ1) is 10.4. The van der Waals surface area contributed by atoms with Crippen molar-refractivity contribution in [2.75, 3.05) is 6.54 Å². The molecule has 1 N–H and O–H groups in total. The number of nitrogens with one attached hydrogen (secondary N) is 1. The van der Waals surface area contributed by atoms with Gasteiger partial charge in [-0.15, -0.1) is 11.3 Å². The van der Waals surface area contributed by atoms with E-state index in [2.05, 4.69) is 48.5 Å². The van der Waals surface area contributed by atoms with Gasteiger partial charge in [0.1, 0.15) is 5.54 Å². The van der Waals surface area contributed by atoms with E-state index >= 15 is 0 Å². The smallest absolute Gasteiger partial charge is 0.235 e. The van der Waals surface area contributed by atoms with Crippen LogP contribution in [0.25, 0.3) is 0 Å². The fourth-order valence-electron chi connectivity index (χ4n) is 2.57. The standard InChI is InChI=1S/C17H25N3OS/c1-12(2)20(9-15-13(3)7-8-22-15)10-16(21)19-17(4,11-18)14-5-6-14/h7-8,12,14H,5-6,9-10H2,1-4H3,(H,19,21). The number of hydrogen-bond acceptors (Lipinski definition) is 4. The molecular formula is C17H25N3OS. The zero-order valence-corrected chi connectivity index (χ0v) is 14.7. The van der Waals surface area contributed by atoms with Crippen molar-refractivity contribution < 1.29 is 4.79 Å². The highest BCUT2D eigenvalue weighted by Crippen LogP contribution is 2.39. The molecule has 0 spiro atoms. The summed E-state index contributed by atoms with van der Waals surface area (Å²) in [6.45, 7) is 9.25. The van der Waals surface area contributed by atoms with Crippen LogP contribution in [0.2, 0.25) is 0 Å². The van der Waals surface area contributed by atoms with E-state index in [1.54, 1.807) is 11.3 Å². The molecule has 120 valence electrons. The van der Waals surface area contributed by atoms with Gasteiger partial charge in [-0.1, -0.05) is 0 Å². The van der Waals surface area contributed by atoms with Crippen LogP contribution in [0.15, 0.2) is 11.4 Å². The Balaban J connectivity index is 1.97. The summed E-state index contributed by atoms with van der Waals surface area (Å²) >= 11 is 1.73. The number of carbonyl (C=O) groups excluding carboxylic acids is 1. The summed E-state index contributed by atoms with van der Waals surface area (Å²) in [6, 6.07) is 4.67. The summed E-state index contributed by atoms with van der Waals surface area (Å²) in [7, 11) is 0. The number of amides is 1. The summed E-state index contributed by atoms with van der Waals surface area (Å²) in [5.41, 5.74) is 0.564. The number of thiophene rings is 1. The zero-order valence-electron chi connectivity index (χ0n) is 13.8. The van der Waals surface area contributed by atoms with Crippen LogP contribution < -0.4 is 5.32 Å². The molecule has 2 rings (SSSR count). The van der Waals surface area contributed by atoms with Crippen molar-refractivity contribution in [3.63, 3.8) is 0 Å². The second kappa shape index (κ2) is 6.80. The summed E-state index contributed by atoms with van der Waals surface area (Å²) in [5, 5.41) is 14.4. The van der Waals surface area contributed by atoms with Gasteiger partial charge in [0.25, 0.3) is 0 Å². The van der Waals surface area contributed by atoms with E-state index in [0.29, 0.717) is 12.5 Å². The fourth-order valence-corrected chi connectivity index (χ4v) is 3.50. The molecule has 0 radical (unpaired) electrons. The Kier molecular flexibility index (Phi) is 5.25. The Hall–Kier alpha value is -1.38. The first-order valence-electron chi connectivity index (χ1n) is 7.85. The number of hydrogen-bond donors (Lipinski definition) is 1. The molecule has 1 aromatic rings. The van der Waals surface area contributed by atoms with Crippen molar-refractivity contribution in [2.45, 2.75) is 58.7 Å². The number of nitrogens with zero attached hydrogens (tertiary/aromatic N) is 2. The zero-order chi connectivity index (χ0) is 16.3. The van der Waals surface area contributed by atoms with Gasteiger partial charge in [-0.3, -0.25) is 9.69 Å². The second-order valence-corrected chi connectivity index (χ2v) is 7.66. The van der Waals surface area contributed by atoms with Crippen molar-refractivity contribution in [1.82, 2.24) is 10.2 Å². The lowest BCUT2D eigenvalue weighted by Crippen LogP contribution is -2.50. The normalized spacial score (nSPS) is 17.3. The van der Waals surface area contributed by atoms with Crippen LogP contribution in [0.4, 0.5) is 0 Å². The van der Waals surface area contributed by atoms with Crippen LogP contribution in [0.1, 0.15) is 44.1 Å². The third kappa shape index (κ3) is 4.08. The molecule has 1 fully saturated rings. The third-order valence-electron chi connectivity index (χ3n) is 4.42. The molecule has 0 saturated heterocycles. The second-order valence-electron chi connectivity index (χ2n) is 6.66. The van der Waals surface area contributed by atoms with E-state index in [0.717, 1.165) is 19.4 Å². The maximum Gasteiger partial charge on any atom is 0.235 e. The molecule has 1 amide bonds. The highest BCUT2D eigenvalue weighted by Gasteiger charge is 2.43. The highest BCUT2D eigenvalue weighted by molar-refractivity contribution is 7.10. The minimum absolute atomic E-state index is 0.0566. The van der Waals surface area contributed by atoms with Crippen molar-refractivity contribution in [1.29, 1.82) is 5.26 Å². The van der Waals surface area contributed by atoms with E-state index < -0.39 is 5.54 Å². The largest absolute Gasteiger partial charge is 0.337 e. The summed E-state index contributed by atoms with van der Waals surface area (Å²) < 4.78 is 0. The maximum absolute atomic E-state index is 12.4. The van der Waals surface area contributed by atoms with Gasteiger partial charge < -0.3 is 5.32 Å². The minimum Gasteiger partial charge on any atom is -0.337 e. The summed E-state index contributed by atoms with van der Waals surface area (Å²) in [6.07, 6.45) is 2.07. The Morgan fingerprint density at radius 1 is 1.59 bits per heavy atom. The Labute approximate surface area is 137 Å². The van der Waals surface area contributed by atoms with Gasteiger partial charge in [-0.2, -0.15) is 5.26 Å². The summed E-state index contributed by atoms with van der Waals surface area (Å²) in [4.78, 5) is 15.8. The van der Waals surface area contributed by atoms with Crippen molar-refractivity contribution in [2.24, 2.45) is 5.92 Å². The first kappa shape index (κ1) is 17.0. The van der Waals surface area contributed by atoms with Crippen LogP contribution in [0.5, 0.6) is 0 Å². The third-order valence-corrected chi connectivity index (χ3v) is 5.42. The molecule has 1 aliphatic rings. The highest BCUT2D eigenvalue weighted by atomic mass is 32.1. The van der Waals surface area contributed by atoms with Crippen LogP contribution in [-0.2, 0) is 11.3 Å². The van der Waals surface area contributed by atoms with Gasteiger partial charge in [0, 0.05) is 17.5 Å². The molecule has 4 nitrogen and oxygen atoms in total. The van der Waals surface area contributed by atoms with E-state index in [4.69, 9.17) is 0 Å². The van der Waals surface area contributed by atoms with Gasteiger partial charge in [0.05, 0.1) is 12.6 Å². The molecule has 0 aliphatic heterocycles. The predicted octanol–water partition coefficient (Wildman–Crippen LogP) is 3.08. The Morgan fingerprint density at radius 3 is 2.73 bits per heavy atom. The molecule has 0 aromatic carbocycles. The molecule has 1 atom stereocenters. The molecule has 0 bridgehead atoms. The topological polar surface area (TPSA) is 56.1 Å². The van der Waals surface area contributed by atoms with Crippen molar-refractivity contribution >= 4 is 17.2 Å². The monoisotopic (exact) mass is 319 g/mol. The van der Waals surface area contributed by atoms with Crippen LogP contribution >= 0.6 is 11.3 Å². The molecule has 5 heteroatoms. The number of rotatable bonds is 7. The van der Waals surface area contributed by atoms with Crippen LogP contribution in [0, 0.1) is 24.2 Å². The van der Waals surface area contributed by atoms with E-state index in [9.17, 15) is 10.1 Å². The summed E-state index contributed by atoms with van der Waals surface area (Å²) in [5.74, 6) is 0.257. The lowest BCUT2D eigenvalue weighted by atomic mass is 9.98. The van der Waals surface area contributed by atoms with Crippen LogP contribution in [0.3, 0.4) is 0 Å². The number of carbonyl (C=O) groups is 1. The average Bonchev–Trinajstić information content (AvgIpc) is 3.23. The molecule has 1 saturated carbocycles. The molecule has 22 heavy (non-hydrogen) atoms. The van der Waals surface area contributed by atoms with E-state index in [-0.39, 0.29) is 11.9 Å². The van der Waals surface area contributed by atoms with Gasteiger partial charge in [0.2, 0.25) is 5.91 Å². The molecule has 1 aliphatic carbocycles. The molecule has 1 heterocycles. The molecule has 1 aromatic heterocycles. The van der Waals surface area contributed by atoms with E-state index in [1.807, 2.05) is 6.92 Å². The number of nitriles is 1. The fraction of sp³-hybridized carbons (Fsp3) is 0.647.